The number of nitrogens with zero attached hydrogens (tertiary/aromatic N) is 1. The van der Waals surface area contributed by atoms with Crippen molar-refractivity contribution in [2.75, 3.05) is 6.54 Å². The molecule has 1 unspecified atom stereocenters. The molecule has 0 aliphatic carbocycles. The predicted molar refractivity (Wildman–Crippen MR) is 78.8 cm³/mol. The summed E-state index contributed by atoms with van der Waals surface area (Å²) in [6.07, 6.45) is 2.10. The largest absolute Gasteiger partial charge is 0.330 e. The van der Waals surface area contributed by atoms with Crippen LogP contribution in [0.4, 0.5) is 0 Å². The van der Waals surface area contributed by atoms with Gasteiger partial charge >= 0.3 is 0 Å². The van der Waals surface area contributed by atoms with Gasteiger partial charge in [-0.05, 0) is 31.4 Å². The maximum Gasteiger partial charge on any atom is 0.0935 e. The summed E-state index contributed by atoms with van der Waals surface area (Å²) in [6.45, 7) is 5.13. The summed E-state index contributed by atoms with van der Waals surface area (Å²) in [5.74, 6) is 0.617. The van der Waals surface area contributed by atoms with E-state index in [1.165, 1.54) is 16.1 Å². The van der Waals surface area contributed by atoms with Crippen molar-refractivity contribution in [3.8, 4) is 11.3 Å². The average Bonchev–Trinajstić information content (AvgIpc) is 2.78. The maximum absolute atomic E-state index is 5.58. The molecule has 0 aliphatic heterocycles. The number of rotatable bonds is 5. The molecule has 0 bridgehead atoms. The van der Waals surface area contributed by atoms with Crippen LogP contribution in [-0.4, -0.2) is 11.5 Å². The molecule has 1 heterocycles. The van der Waals surface area contributed by atoms with Crippen molar-refractivity contribution < 1.29 is 0 Å². The van der Waals surface area contributed by atoms with Gasteiger partial charge in [0.1, 0.15) is 0 Å². The lowest BCUT2D eigenvalue weighted by atomic mass is 10.0. The van der Waals surface area contributed by atoms with Gasteiger partial charge < -0.3 is 5.73 Å². The van der Waals surface area contributed by atoms with E-state index >= 15 is 0 Å². The minimum atomic E-state index is 0.617. The third kappa shape index (κ3) is 3.18. The normalized spacial score (nSPS) is 12.6. The van der Waals surface area contributed by atoms with Gasteiger partial charge in [-0.3, -0.25) is 0 Å². The van der Waals surface area contributed by atoms with Crippen LogP contribution in [-0.2, 0) is 6.42 Å². The highest BCUT2D eigenvalue weighted by atomic mass is 32.1. The average molecular weight is 260 g/mol. The molecule has 2 nitrogen and oxygen atoms in total. The van der Waals surface area contributed by atoms with Gasteiger partial charge in [0.25, 0.3) is 0 Å². The molecule has 0 radical (unpaired) electrons. The molecular weight excluding hydrogens is 240 g/mol. The molecule has 2 rings (SSSR count). The Morgan fingerprint density at radius 1 is 1.33 bits per heavy atom. The first kappa shape index (κ1) is 13.2. The van der Waals surface area contributed by atoms with E-state index in [1.54, 1.807) is 11.3 Å². The second-order valence-corrected chi connectivity index (χ2v) is 5.77. The molecule has 0 spiro atoms. The van der Waals surface area contributed by atoms with Crippen LogP contribution in [0.3, 0.4) is 0 Å². The molecular formula is C15H20N2S. The minimum absolute atomic E-state index is 0.617. The Morgan fingerprint density at radius 3 is 2.83 bits per heavy atom. The van der Waals surface area contributed by atoms with Gasteiger partial charge in [0.05, 0.1) is 10.7 Å². The molecule has 1 aromatic carbocycles. The number of aromatic nitrogens is 1. The molecule has 18 heavy (non-hydrogen) atoms. The summed E-state index contributed by atoms with van der Waals surface area (Å²) in [7, 11) is 0. The number of thiazole rings is 1. The van der Waals surface area contributed by atoms with Crippen molar-refractivity contribution >= 4 is 11.3 Å². The van der Waals surface area contributed by atoms with Crippen molar-refractivity contribution in [1.29, 1.82) is 0 Å². The predicted octanol–water partition coefficient (Wildman–Crippen LogP) is 3.65. The van der Waals surface area contributed by atoms with E-state index in [-0.39, 0.29) is 0 Å². The number of nitrogens with two attached hydrogens (primary N) is 1. The monoisotopic (exact) mass is 260 g/mol. The van der Waals surface area contributed by atoms with Gasteiger partial charge in [-0.1, -0.05) is 31.2 Å². The zero-order valence-corrected chi connectivity index (χ0v) is 11.8. The smallest absolute Gasteiger partial charge is 0.0935 e. The first-order valence-corrected chi connectivity index (χ1v) is 7.29. The zero-order valence-electron chi connectivity index (χ0n) is 11.0. The van der Waals surface area contributed by atoms with Gasteiger partial charge in [0.2, 0.25) is 0 Å². The Balaban J connectivity index is 2.13. The van der Waals surface area contributed by atoms with E-state index < -0.39 is 0 Å². The van der Waals surface area contributed by atoms with Crippen LogP contribution in [0, 0.1) is 12.8 Å². The third-order valence-corrected chi connectivity index (χ3v) is 4.03. The summed E-state index contributed by atoms with van der Waals surface area (Å²) in [5.41, 5.74) is 9.21. The van der Waals surface area contributed by atoms with Gasteiger partial charge in [0, 0.05) is 17.4 Å². The topological polar surface area (TPSA) is 38.9 Å². The Morgan fingerprint density at radius 2 is 2.11 bits per heavy atom. The van der Waals surface area contributed by atoms with E-state index in [0.29, 0.717) is 5.92 Å². The van der Waals surface area contributed by atoms with Crippen molar-refractivity contribution in [3.63, 3.8) is 0 Å². The summed E-state index contributed by atoms with van der Waals surface area (Å²) in [6, 6.07) is 8.40. The number of hydrogen-bond acceptors (Lipinski definition) is 3. The molecule has 0 saturated carbocycles. The van der Waals surface area contributed by atoms with E-state index in [0.717, 1.165) is 25.1 Å². The van der Waals surface area contributed by atoms with Crippen LogP contribution < -0.4 is 5.73 Å². The number of aryl methyl sites for hydroxylation is 1. The molecule has 0 aliphatic rings. The fraction of sp³-hybridized carbons (Fsp3) is 0.400. The van der Waals surface area contributed by atoms with E-state index in [4.69, 9.17) is 10.7 Å². The van der Waals surface area contributed by atoms with Crippen molar-refractivity contribution in [2.24, 2.45) is 11.7 Å². The maximum atomic E-state index is 5.58. The highest BCUT2D eigenvalue weighted by molar-refractivity contribution is 7.09. The third-order valence-electron chi connectivity index (χ3n) is 3.16. The SMILES string of the molecule is Cc1ccccc1-c1csc(CC(C)CCN)n1. The molecule has 0 amide bonds. The summed E-state index contributed by atoms with van der Waals surface area (Å²) in [4.78, 5) is 4.74. The first-order valence-electron chi connectivity index (χ1n) is 6.41. The van der Waals surface area contributed by atoms with Crippen LogP contribution in [0.1, 0.15) is 23.9 Å². The van der Waals surface area contributed by atoms with Crippen molar-refractivity contribution in [3.05, 3.63) is 40.2 Å². The Labute approximate surface area is 113 Å². The highest BCUT2D eigenvalue weighted by Gasteiger charge is 2.09. The summed E-state index contributed by atoms with van der Waals surface area (Å²) < 4.78 is 0. The molecule has 1 aromatic heterocycles. The lowest BCUT2D eigenvalue weighted by Gasteiger charge is -2.06. The van der Waals surface area contributed by atoms with Crippen molar-refractivity contribution in [1.82, 2.24) is 4.98 Å². The molecule has 1 atom stereocenters. The lowest BCUT2D eigenvalue weighted by Crippen LogP contribution is -2.07. The molecule has 96 valence electrons. The van der Waals surface area contributed by atoms with Gasteiger partial charge in [0.15, 0.2) is 0 Å². The van der Waals surface area contributed by atoms with Gasteiger partial charge in [-0.25, -0.2) is 4.98 Å². The summed E-state index contributed by atoms with van der Waals surface area (Å²) in [5, 5.41) is 3.38. The van der Waals surface area contributed by atoms with Gasteiger partial charge in [-0.15, -0.1) is 11.3 Å². The standard InChI is InChI=1S/C15H20N2S/c1-11(7-8-16)9-15-17-14(10-18-15)13-6-4-3-5-12(13)2/h3-6,10-11H,7-9,16H2,1-2H3. The van der Waals surface area contributed by atoms with E-state index in [1.807, 2.05) is 0 Å². The molecule has 2 N–H and O–H groups in total. The first-order chi connectivity index (χ1) is 8.70. The van der Waals surface area contributed by atoms with Gasteiger partial charge in [-0.2, -0.15) is 0 Å². The van der Waals surface area contributed by atoms with Crippen LogP contribution in [0.5, 0.6) is 0 Å². The minimum Gasteiger partial charge on any atom is -0.330 e. The fourth-order valence-electron chi connectivity index (χ4n) is 2.07. The highest BCUT2D eigenvalue weighted by Crippen LogP contribution is 2.26. The van der Waals surface area contributed by atoms with Crippen LogP contribution in [0.15, 0.2) is 29.6 Å². The number of hydrogen-bond donors (Lipinski definition) is 1. The molecule has 2 aromatic rings. The summed E-state index contributed by atoms with van der Waals surface area (Å²) >= 11 is 1.76. The van der Waals surface area contributed by atoms with E-state index in [9.17, 15) is 0 Å². The zero-order chi connectivity index (χ0) is 13.0. The Bertz CT molecular complexity index is 505. The number of benzene rings is 1. The van der Waals surface area contributed by atoms with Crippen LogP contribution >= 0.6 is 11.3 Å². The lowest BCUT2D eigenvalue weighted by molar-refractivity contribution is 0.537. The fourth-order valence-corrected chi connectivity index (χ4v) is 3.03. The van der Waals surface area contributed by atoms with E-state index in [2.05, 4.69) is 43.5 Å². The Kier molecular flexibility index (Phi) is 4.50. The second-order valence-electron chi connectivity index (χ2n) is 4.83. The Hall–Kier alpha value is -1.19. The second kappa shape index (κ2) is 6.12. The van der Waals surface area contributed by atoms with Crippen molar-refractivity contribution in [2.45, 2.75) is 26.7 Å². The quantitative estimate of drug-likeness (QED) is 0.891. The molecule has 0 saturated heterocycles. The molecule has 3 heteroatoms. The van der Waals surface area contributed by atoms with Crippen LogP contribution in [0.2, 0.25) is 0 Å². The van der Waals surface area contributed by atoms with Crippen LogP contribution in [0.25, 0.3) is 11.3 Å². The molecule has 0 fully saturated rings.